The van der Waals surface area contributed by atoms with E-state index < -0.39 is 0 Å². The minimum atomic E-state index is -0.243. The molecule has 0 saturated heterocycles. The van der Waals surface area contributed by atoms with Crippen LogP contribution >= 0.6 is 11.5 Å². The molecule has 0 aliphatic heterocycles. The number of anilines is 1. The second kappa shape index (κ2) is 5.63. The maximum Gasteiger partial charge on any atom is 0.252 e. The maximum atomic E-state index is 11.1. The van der Waals surface area contributed by atoms with Crippen LogP contribution in [0.1, 0.15) is 5.82 Å². The van der Waals surface area contributed by atoms with E-state index in [0.717, 1.165) is 11.5 Å². The van der Waals surface area contributed by atoms with Crippen molar-refractivity contribution in [3.05, 3.63) is 5.82 Å². The van der Waals surface area contributed by atoms with Gasteiger partial charge in [-0.1, -0.05) is 0 Å². The number of carbonyl (C=O) groups excluding carboxylic acids is 1. The van der Waals surface area contributed by atoms with E-state index in [2.05, 4.69) is 19.4 Å². The number of methoxy groups -OCH3 is 2. The largest absolute Gasteiger partial charge is 0.377 e. The van der Waals surface area contributed by atoms with Crippen LogP contribution < -0.4 is 5.32 Å². The standard InChI is InChI=1S/C7H11N3O3S/c1-12-3-5-8-7(14-10-5)9-6(11)4-13-2/h3-4H2,1-2H3,(H,8,9,10,11). The summed E-state index contributed by atoms with van der Waals surface area (Å²) in [6.45, 7) is 0.357. The fourth-order valence-corrected chi connectivity index (χ4v) is 1.37. The van der Waals surface area contributed by atoms with Crippen molar-refractivity contribution in [1.29, 1.82) is 0 Å². The van der Waals surface area contributed by atoms with Gasteiger partial charge in [0.25, 0.3) is 5.91 Å². The third-order valence-corrected chi connectivity index (χ3v) is 1.93. The van der Waals surface area contributed by atoms with Crippen molar-refractivity contribution in [1.82, 2.24) is 9.36 Å². The molecule has 1 N–H and O–H groups in total. The molecule has 1 aromatic heterocycles. The Balaban J connectivity index is 2.46. The summed E-state index contributed by atoms with van der Waals surface area (Å²) in [6.07, 6.45) is 0. The molecule has 0 spiro atoms. The average molecular weight is 217 g/mol. The molecule has 0 radical (unpaired) electrons. The third-order valence-electron chi connectivity index (χ3n) is 1.26. The number of hydrogen-bond donors (Lipinski definition) is 1. The van der Waals surface area contributed by atoms with Crippen molar-refractivity contribution in [3.63, 3.8) is 0 Å². The van der Waals surface area contributed by atoms with Gasteiger partial charge in [0.1, 0.15) is 13.2 Å². The van der Waals surface area contributed by atoms with Crippen LogP contribution in [-0.4, -0.2) is 36.1 Å². The summed E-state index contributed by atoms with van der Waals surface area (Å²) < 4.78 is 13.5. The Morgan fingerprint density at radius 1 is 1.50 bits per heavy atom. The van der Waals surface area contributed by atoms with E-state index in [1.807, 2.05) is 0 Å². The van der Waals surface area contributed by atoms with Crippen LogP contribution in [0.2, 0.25) is 0 Å². The van der Waals surface area contributed by atoms with Crippen molar-refractivity contribution in [3.8, 4) is 0 Å². The van der Waals surface area contributed by atoms with Gasteiger partial charge in [0.15, 0.2) is 5.82 Å². The molecule has 0 fully saturated rings. The Kier molecular flexibility index (Phi) is 4.44. The van der Waals surface area contributed by atoms with Crippen molar-refractivity contribution in [2.75, 3.05) is 26.1 Å². The number of aromatic nitrogens is 2. The summed E-state index contributed by atoms with van der Waals surface area (Å²) in [5.41, 5.74) is 0. The van der Waals surface area contributed by atoms with E-state index in [9.17, 15) is 4.79 Å². The Morgan fingerprint density at radius 3 is 2.93 bits per heavy atom. The summed E-state index contributed by atoms with van der Waals surface area (Å²) in [7, 11) is 3.01. The average Bonchev–Trinajstić information content (AvgIpc) is 2.53. The minimum absolute atomic E-state index is 0.0131. The quantitative estimate of drug-likeness (QED) is 0.766. The summed E-state index contributed by atoms with van der Waals surface area (Å²) in [5.74, 6) is 0.317. The first-order chi connectivity index (χ1) is 6.76. The molecule has 0 aromatic carbocycles. The van der Waals surface area contributed by atoms with Gasteiger partial charge in [0, 0.05) is 25.8 Å². The highest BCUT2D eigenvalue weighted by Gasteiger charge is 2.06. The van der Waals surface area contributed by atoms with Crippen LogP contribution in [0.5, 0.6) is 0 Å². The molecule has 7 heteroatoms. The number of rotatable bonds is 5. The molecule has 1 rings (SSSR count). The highest BCUT2D eigenvalue weighted by molar-refractivity contribution is 7.09. The van der Waals surface area contributed by atoms with Gasteiger partial charge in [-0.25, -0.2) is 4.98 Å². The number of amides is 1. The van der Waals surface area contributed by atoms with Crippen LogP contribution in [-0.2, 0) is 20.9 Å². The van der Waals surface area contributed by atoms with E-state index in [1.54, 1.807) is 7.11 Å². The first-order valence-electron chi connectivity index (χ1n) is 3.86. The highest BCUT2D eigenvalue weighted by atomic mass is 32.1. The van der Waals surface area contributed by atoms with Gasteiger partial charge >= 0.3 is 0 Å². The zero-order chi connectivity index (χ0) is 10.4. The Morgan fingerprint density at radius 2 is 2.29 bits per heavy atom. The van der Waals surface area contributed by atoms with Crippen molar-refractivity contribution < 1.29 is 14.3 Å². The Bertz CT molecular complexity index is 302. The zero-order valence-electron chi connectivity index (χ0n) is 7.94. The molecule has 0 atom stereocenters. The van der Waals surface area contributed by atoms with E-state index >= 15 is 0 Å². The Labute approximate surface area is 85.4 Å². The third kappa shape index (κ3) is 3.36. The molecule has 14 heavy (non-hydrogen) atoms. The number of hydrogen-bond acceptors (Lipinski definition) is 6. The smallest absolute Gasteiger partial charge is 0.252 e. The second-order valence-corrected chi connectivity index (χ2v) is 3.18. The molecule has 78 valence electrons. The van der Waals surface area contributed by atoms with Crippen molar-refractivity contribution >= 4 is 22.6 Å². The number of carbonyl (C=O) groups is 1. The van der Waals surface area contributed by atoms with E-state index in [-0.39, 0.29) is 12.5 Å². The number of nitrogens with zero attached hydrogens (tertiary/aromatic N) is 2. The predicted molar refractivity (Wildman–Crippen MR) is 51.1 cm³/mol. The summed E-state index contributed by atoms with van der Waals surface area (Å²) >= 11 is 1.12. The molecule has 1 aromatic rings. The van der Waals surface area contributed by atoms with Gasteiger partial charge in [-0.2, -0.15) is 4.37 Å². The molecule has 1 amide bonds. The monoisotopic (exact) mass is 217 g/mol. The number of nitrogens with one attached hydrogen (secondary N) is 1. The highest BCUT2D eigenvalue weighted by Crippen LogP contribution is 2.10. The lowest BCUT2D eigenvalue weighted by Gasteiger charge is -1.97. The fraction of sp³-hybridized carbons (Fsp3) is 0.571. The first kappa shape index (κ1) is 11.0. The van der Waals surface area contributed by atoms with Gasteiger partial charge in [0.05, 0.1) is 0 Å². The predicted octanol–water partition coefficient (Wildman–Crippen LogP) is 0.269. The molecule has 0 unspecified atom stereocenters. The molecular formula is C7H11N3O3S. The lowest BCUT2D eigenvalue weighted by molar-refractivity contribution is -0.119. The fourth-order valence-electron chi connectivity index (χ4n) is 0.779. The van der Waals surface area contributed by atoms with Gasteiger partial charge in [-0.3, -0.25) is 10.1 Å². The lowest BCUT2D eigenvalue weighted by atomic mass is 10.6. The molecule has 6 nitrogen and oxygen atoms in total. The summed E-state index contributed by atoms with van der Waals surface area (Å²) in [5, 5.41) is 3.00. The SMILES string of the molecule is COCC(=O)Nc1nc(COC)ns1. The second-order valence-electron chi connectivity index (χ2n) is 2.43. The van der Waals surface area contributed by atoms with Crippen LogP contribution in [0.25, 0.3) is 0 Å². The Hall–Kier alpha value is -1.05. The normalized spacial score (nSPS) is 10.1. The minimum Gasteiger partial charge on any atom is -0.377 e. The van der Waals surface area contributed by atoms with Gasteiger partial charge in [-0.05, 0) is 0 Å². The van der Waals surface area contributed by atoms with Crippen LogP contribution in [0.4, 0.5) is 5.13 Å². The lowest BCUT2D eigenvalue weighted by Crippen LogP contribution is -2.16. The van der Waals surface area contributed by atoms with Gasteiger partial charge in [0.2, 0.25) is 5.13 Å². The van der Waals surface area contributed by atoms with Gasteiger partial charge in [-0.15, -0.1) is 0 Å². The molecule has 0 bridgehead atoms. The molecular weight excluding hydrogens is 206 g/mol. The van der Waals surface area contributed by atoms with Gasteiger partial charge < -0.3 is 9.47 Å². The molecule has 0 aliphatic rings. The van der Waals surface area contributed by atoms with E-state index in [4.69, 9.17) is 4.74 Å². The number of ether oxygens (including phenoxy) is 2. The first-order valence-corrected chi connectivity index (χ1v) is 4.64. The molecule has 0 aliphatic carbocycles. The topological polar surface area (TPSA) is 73.3 Å². The molecule has 0 saturated carbocycles. The van der Waals surface area contributed by atoms with Crippen molar-refractivity contribution in [2.45, 2.75) is 6.61 Å². The van der Waals surface area contributed by atoms with Crippen LogP contribution in [0, 0.1) is 0 Å². The van der Waals surface area contributed by atoms with E-state index in [1.165, 1.54) is 7.11 Å². The van der Waals surface area contributed by atoms with E-state index in [0.29, 0.717) is 17.6 Å². The zero-order valence-corrected chi connectivity index (χ0v) is 8.76. The molecule has 1 heterocycles. The van der Waals surface area contributed by atoms with Crippen LogP contribution in [0.3, 0.4) is 0 Å². The summed E-state index contributed by atoms with van der Waals surface area (Å²) in [6, 6.07) is 0. The summed E-state index contributed by atoms with van der Waals surface area (Å²) in [4.78, 5) is 15.1. The van der Waals surface area contributed by atoms with Crippen LogP contribution in [0.15, 0.2) is 0 Å². The van der Waals surface area contributed by atoms with Crippen molar-refractivity contribution in [2.24, 2.45) is 0 Å². The maximum absolute atomic E-state index is 11.1.